The first-order valence-corrected chi connectivity index (χ1v) is 12.6. The van der Waals surface area contributed by atoms with Crippen LogP contribution in [-0.2, 0) is 13.1 Å². The van der Waals surface area contributed by atoms with Crippen LogP contribution in [0, 0.1) is 19.8 Å². The van der Waals surface area contributed by atoms with Crippen LogP contribution in [0.5, 0.6) is 11.5 Å². The number of ether oxygens (including phenoxy) is 2. The first kappa shape index (κ1) is 28.1. The minimum absolute atomic E-state index is 0.201. The molecule has 0 aliphatic heterocycles. The molecule has 3 aromatic rings. The van der Waals surface area contributed by atoms with Gasteiger partial charge < -0.3 is 24.7 Å². The van der Waals surface area contributed by atoms with E-state index in [1.54, 1.807) is 29.2 Å². The number of hydrogen-bond acceptors (Lipinski definition) is 5. The summed E-state index contributed by atoms with van der Waals surface area (Å²) in [6.07, 6.45) is 0.805. The fourth-order valence-corrected chi connectivity index (χ4v) is 4.50. The number of benzene rings is 2. The number of aromatic nitrogens is 2. The molecular weight excluding hydrogens is 492 g/mol. The van der Waals surface area contributed by atoms with Crippen molar-refractivity contribution in [3.05, 3.63) is 75.3 Å². The second kappa shape index (κ2) is 12.1. The summed E-state index contributed by atoms with van der Waals surface area (Å²) in [5.41, 5.74) is 9.00. The third kappa shape index (κ3) is 6.25. The van der Waals surface area contributed by atoms with Crippen LogP contribution in [0.3, 0.4) is 0 Å². The minimum atomic E-state index is -0.483. The molecular formula is C28H35ClN4O4. The zero-order valence-electron chi connectivity index (χ0n) is 22.3. The summed E-state index contributed by atoms with van der Waals surface area (Å²) in [5.74, 6) is 1.16. The van der Waals surface area contributed by atoms with Gasteiger partial charge in [-0.05, 0) is 49.9 Å². The van der Waals surface area contributed by atoms with E-state index in [1.807, 2.05) is 30.5 Å². The van der Waals surface area contributed by atoms with E-state index in [9.17, 15) is 9.59 Å². The molecule has 37 heavy (non-hydrogen) atoms. The maximum atomic E-state index is 13.8. The minimum Gasteiger partial charge on any atom is -0.493 e. The third-order valence-corrected chi connectivity index (χ3v) is 6.83. The number of imidazole rings is 1. The summed E-state index contributed by atoms with van der Waals surface area (Å²) in [5, 5.41) is 0.201. The second-order valence-electron chi connectivity index (χ2n) is 9.38. The molecule has 0 saturated heterocycles. The van der Waals surface area contributed by atoms with E-state index in [2.05, 4.69) is 13.8 Å². The summed E-state index contributed by atoms with van der Waals surface area (Å²) >= 11 is 6.60. The number of methoxy groups -OCH3 is 2. The first-order valence-electron chi connectivity index (χ1n) is 12.2. The van der Waals surface area contributed by atoms with Crippen LogP contribution in [0.2, 0.25) is 5.02 Å². The van der Waals surface area contributed by atoms with Gasteiger partial charge in [0.25, 0.3) is 5.91 Å². The topological polar surface area (TPSA) is 99.7 Å². The Morgan fingerprint density at radius 3 is 2.41 bits per heavy atom. The maximum absolute atomic E-state index is 13.8. The molecule has 0 aliphatic rings. The molecule has 9 heteroatoms. The Hall–Kier alpha value is -3.52. The van der Waals surface area contributed by atoms with Crippen LogP contribution in [-0.4, -0.2) is 47.0 Å². The van der Waals surface area contributed by atoms with Crippen molar-refractivity contribution in [2.24, 2.45) is 11.7 Å². The number of carbonyl (C=O) groups excluding carboxylic acids is 2. The molecule has 198 valence electrons. The summed E-state index contributed by atoms with van der Waals surface area (Å²) in [4.78, 5) is 32.3. The molecule has 2 amide bonds. The molecule has 3 rings (SSSR count). The van der Waals surface area contributed by atoms with Crippen molar-refractivity contribution in [1.29, 1.82) is 0 Å². The van der Waals surface area contributed by atoms with Gasteiger partial charge in [-0.25, -0.2) is 4.98 Å². The van der Waals surface area contributed by atoms with Gasteiger partial charge in [-0.2, -0.15) is 0 Å². The summed E-state index contributed by atoms with van der Waals surface area (Å²) in [6, 6.07) is 10.6. The van der Waals surface area contributed by atoms with E-state index < -0.39 is 5.91 Å². The molecule has 0 radical (unpaired) electrons. The number of nitrogens with two attached hydrogens (primary N) is 1. The lowest BCUT2D eigenvalue weighted by atomic mass is 10.1. The van der Waals surface area contributed by atoms with Gasteiger partial charge in [0.2, 0.25) is 5.91 Å². The van der Waals surface area contributed by atoms with Crippen LogP contribution in [0.25, 0.3) is 0 Å². The number of carbonyl (C=O) groups is 2. The van der Waals surface area contributed by atoms with Crippen LogP contribution in [0.1, 0.15) is 63.8 Å². The molecule has 0 aliphatic carbocycles. The van der Waals surface area contributed by atoms with Crippen LogP contribution >= 0.6 is 11.6 Å². The van der Waals surface area contributed by atoms with E-state index in [1.165, 1.54) is 14.2 Å². The number of amides is 2. The van der Waals surface area contributed by atoms with Crippen molar-refractivity contribution in [1.82, 2.24) is 14.5 Å². The van der Waals surface area contributed by atoms with Gasteiger partial charge in [-0.3, -0.25) is 9.59 Å². The molecule has 0 bridgehead atoms. The highest BCUT2D eigenvalue weighted by molar-refractivity contribution is 6.35. The first-order chi connectivity index (χ1) is 17.6. The lowest BCUT2D eigenvalue weighted by Gasteiger charge is -2.25. The number of hydrogen-bond donors (Lipinski definition) is 1. The monoisotopic (exact) mass is 526 g/mol. The Kier molecular flexibility index (Phi) is 9.21. The van der Waals surface area contributed by atoms with Crippen molar-refractivity contribution in [2.45, 2.75) is 47.2 Å². The van der Waals surface area contributed by atoms with E-state index in [0.29, 0.717) is 47.5 Å². The Bertz CT molecular complexity index is 1290. The Labute approximate surface area is 223 Å². The molecule has 0 saturated carbocycles. The zero-order valence-corrected chi connectivity index (χ0v) is 23.1. The van der Waals surface area contributed by atoms with Gasteiger partial charge in [0.05, 0.1) is 37.0 Å². The molecule has 1 heterocycles. The van der Waals surface area contributed by atoms with Crippen molar-refractivity contribution >= 4 is 23.4 Å². The van der Waals surface area contributed by atoms with Crippen molar-refractivity contribution in [3.63, 3.8) is 0 Å². The predicted molar refractivity (Wildman–Crippen MR) is 145 cm³/mol. The Morgan fingerprint density at radius 2 is 1.78 bits per heavy atom. The number of halogens is 1. The average molecular weight is 527 g/mol. The van der Waals surface area contributed by atoms with E-state index in [4.69, 9.17) is 31.8 Å². The van der Waals surface area contributed by atoms with E-state index >= 15 is 0 Å². The molecule has 2 aromatic carbocycles. The number of nitrogens with zero attached hydrogens (tertiary/aromatic N) is 3. The number of rotatable bonds is 11. The molecule has 0 fully saturated rings. The van der Waals surface area contributed by atoms with Gasteiger partial charge in [-0.1, -0.05) is 43.6 Å². The van der Waals surface area contributed by atoms with Crippen LogP contribution in [0.15, 0.2) is 36.4 Å². The third-order valence-electron chi connectivity index (χ3n) is 6.46. The molecule has 0 unspecified atom stereocenters. The van der Waals surface area contributed by atoms with Crippen LogP contribution < -0.4 is 15.2 Å². The SMILES string of the molecule is COc1ccc(C(=O)N(CCC(C)C)Cc2nc(C)c(C)n2Cc2ccccc2C(N)=O)c(Cl)c1OC. The average Bonchev–Trinajstić information content (AvgIpc) is 3.13. The zero-order chi connectivity index (χ0) is 27.3. The quantitative estimate of drug-likeness (QED) is 0.379. The summed E-state index contributed by atoms with van der Waals surface area (Å²) < 4.78 is 12.8. The normalized spacial score (nSPS) is 11.0. The van der Waals surface area contributed by atoms with Gasteiger partial charge in [0.1, 0.15) is 5.82 Å². The van der Waals surface area contributed by atoms with Gasteiger partial charge in [0.15, 0.2) is 11.5 Å². The second-order valence-corrected chi connectivity index (χ2v) is 9.76. The molecule has 8 nitrogen and oxygen atoms in total. The van der Waals surface area contributed by atoms with Crippen molar-refractivity contribution in [2.75, 3.05) is 20.8 Å². The highest BCUT2D eigenvalue weighted by Gasteiger charge is 2.25. The highest BCUT2D eigenvalue weighted by atomic mass is 35.5. The molecule has 2 N–H and O–H groups in total. The Morgan fingerprint density at radius 1 is 1.08 bits per heavy atom. The summed E-state index contributed by atoms with van der Waals surface area (Å²) in [6.45, 7) is 9.33. The fraction of sp³-hybridized carbons (Fsp3) is 0.393. The molecule has 0 spiro atoms. The van der Waals surface area contributed by atoms with Gasteiger partial charge in [-0.15, -0.1) is 0 Å². The maximum Gasteiger partial charge on any atom is 0.255 e. The largest absolute Gasteiger partial charge is 0.493 e. The van der Waals surface area contributed by atoms with Crippen molar-refractivity contribution in [3.8, 4) is 11.5 Å². The van der Waals surface area contributed by atoms with Gasteiger partial charge >= 0.3 is 0 Å². The Balaban J connectivity index is 2.01. The standard InChI is InChI=1S/C28H35ClN4O4/c1-17(2)13-14-32(28(35)22-11-12-23(36-5)26(37-6)25(22)29)16-24-31-18(3)19(4)33(24)15-20-9-7-8-10-21(20)27(30)34/h7-12,17H,13-16H2,1-6H3,(H2,30,34). The predicted octanol–water partition coefficient (Wildman–Crippen LogP) is 5.01. The van der Waals surface area contributed by atoms with E-state index in [0.717, 1.165) is 23.4 Å². The summed E-state index contributed by atoms with van der Waals surface area (Å²) in [7, 11) is 3.01. The fourth-order valence-electron chi connectivity index (χ4n) is 4.19. The number of aryl methyl sites for hydroxylation is 1. The lowest BCUT2D eigenvalue weighted by molar-refractivity contribution is 0.0729. The van der Waals surface area contributed by atoms with Crippen molar-refractivity contribution < 1.29 is 19.1 Å². The molecule has 0 atom stereocenters. The van der Waals surface area contributed by atoms with Gasteiger partial charge in [0, 0.05) is 24.3 Å². The van der Waals surface area contributed by atoms with Crippen LogP contribution in [0.4, 0.5) is 0 Å². The highest BCUT2D eigenvalue weighted by Crippen LogP contribution is 2.38. The smallest absolute Gasteiger partial charge is 0.255 e. The lowest BCUT2D eigenvalue weighted by Crippen LogP contribution is -2.33. The number of primary amides is 1. The van der Waals surface area contributed by atoms with E-state index in [-0.39, 0.29) is 17.5 Å². The molecule has 1 aromatic heterocycles.